The maximum Gasteiger partial charge on any atom is 0.410 e. The Morgan fingerprint density at radius 1 is 0.785 bits per heavy atom. The first kappa shape index (κ1) is 56.9. The fraction of sp³-hybridized carbons (Fsp3) is 0.525. The van der Waals surface area contributed by atoms with E-state index in [1.165, 1.54) is 14.3 Å². The number of imide groups is 1. The maximum atomic E-state index is 13.6. The number of rotatable bonds is 20. The molecule has 4 fully saturated rings. The number of thiophene rings is 1. The van der Waals surface area contributed by atoms with Crippen LogP contribution in [0.1, 0.15) is 161 Å². The Morgan fingerprint density at radius 3 is 2.28 bits per heavy atom. The predicted molar refractivity (Wildman–Crippen MR) is 308 cm³/mol. The number of hydrogen-bond acceptors (Lipinski definition) is 11. The molecule has 3 aromatic carbocycles. The Morgan fingerprint density at radius 2 is 1.53 bits per heavy atom. The van der Waals surface area contributed by atoms with Crippen LogP contribution in [-0.2, 0) is 37.5 Å². The van der Waals surface area contributed by atoms with Gasteiger partial charge >= 0.3 is 11.8 Å². The molecule has 1 unspecified atom stereocenters. The monoisotopic (exact) mass is 1100 g/mol. The molecule has 0 saturated carbocycles. The smallest absolute Gasteiger partial charge is 0.410 e. The number of unbranched alkanes of at least 4 members (excludes halogenated alkanes) is 5. The van der Waals surface area contributed by atoms with E-state index in [9.17, 15) is 33.6 Å². The van der Waals surface area contributed by atoms with E-state index in [1.807, 2.05) is 88.0 Å². The van der Waals surface area contributed by atoms with Gasteiger partial charge in [0.15, 0.2) is 0 Å². The Labute approximate surface area is 467 Å². The number of benzene rings is 3. The predicted octanol–water partition coefficient (Wildman–Crippen LogP) is 9.09. The third kappa shape index (κ3) is 14.3. The summed E-state index contributed by atoms with van der Waals surface area (Å²) in [5, 5.41) is 12.3. The first-order valence-corrected chi connectivity index (χ1v) is 29.4. The van der Waals surface area contributed by atoms with E-state index in [0.717, 1.165) is 111 Å². The van der Waals surface area contributed by atoms with Crippen molar-refractivity contribution in [2.45, 2.75) is 160 Å². The van der Waals surface area contributed by atoms with Crippen LogP contribution in [-0.4, -0.2) is 116 Å². The molecule has 4 aliphatic rings. The lowest BCUT2D eigenvalue weighted by Crippen LogP contribution is -2.57. The molecule has 4 aliphatic heterocycles. The number of carbonyl (C=O) groups excluding carboxylic acids is 6. The first-order valence-electron chi connectivity index (χ1n) is 28.5. The zero-order valence-corrected chi connectivity index (χ0v) is 47.7. The van der Waals surface area contributed by atoms with Gasteiger partial charge in [-0.2, -0.15) is 0 Å². The number of fused-ring (bicyclic) bond motifs is 1. The van der Waals surface area contributed by atoms with Gasteiger partial charge in [0.25, 0.3) is 5.91 Å². The van der Waals surface area contributed by atoms with Crippen LogP contribution in [0.3, 0.4) is 0 Å². The van der Waals surface area contributed by atoms with Crippen molar-refractivity contribution in [2.24, 2.45) is 7.05 Å². The normalized spacial score (nSPS) is 18.8. The number of anilines is 1. The third-order valence-corrected chi connectivity index (χ3v) is 17.2. The Hall–Kier alpha value is -6.79. The highest BCUT2D eigenvalue weighted by Crippen LogP contribution is 2.34. The number of nitrogens with one attached hydrogen (secondary N) is 4. The fourth-order valence-corrected chi connectivity index (χ4v) is 12.6. The van der Waals surface area contributed by atoms with Gasteiger partial charge in [-0.05, 0) is 144 Å². The number of aryl methyl sites for hydroxylation is 2. The molecule has 2 aromatic heterocycles. The number of piperidine rings is 2. The van der Waals surface area contributed by atoms with Gasteiger partial charge < -0.3 is 30.5 Å². The van der Waals surface area contributed by atoms with Gasteiger partial charge in [0.1, 0.15) is 11.6 Å². The lowest BCUT2D eigenvalue weighted by atomic mass is 9.89. The van der Waals surface area contributed by atoms with Gasteiger partial charge in [0.2, 0.25) is 23.6 Å². The molecule has 6 amide bonds. The van der Waals surface area contributed by atoms with Crippen LogP contribution in [0.5, 0.6) is 0 Å². The molecule has 422 valence electrons. The zero-order valence-electron chi connectivity index (χ0n) is 46.9. The average Bonchev–Trinajstić information content (AvgIpc) is 4.27. The highest BCUT2D eigenvalue weighted by molar-refractivity contribution is 7.15. The molecule has 79 heavy (non-hydrogen) atoms. The van der Waals surface area contributed by atoms with Crippen molar-refractivity contribution in [1.82, 2.24) is 39.8 Å². The Kier molecular flexibility index (Phi) is 18.1. The van der Waals surface area contributed by atoms with Crippen molar-refractivity contribution in [3.05, 3.63) is 110 Å². The summed E-state index contributed by atoms with van der Waals surface area (Å²) in [5.41, 5.74) is 6.20. The highest BCUT2D eigenvalue weighted by atomic mass is 32.1. The molecule has 17 nitrogen and oxygen atoms in total. The fourth-order valence-electron chi connectivity index (χ4n) is 11.5. The zero-order chi connectivity index (χ0) is 56.0. The summed E-state index contributed by atoms with van der Waals surface area (Å²) < 4.78 is 8.56. The summed E-state index contributed by atoms with van der Waals surface area (Å²) >= 11 is 1.78. The quantitative estimate of drug-likeness (QED) is 0.0431. The van der Waals surface area contributed by atoms with E-state index in [0.29, 0.717) is 56.5 Å². The van der Waals surface area contributed by atoms with E-state index in [2.05, 4.69) is 50.4 Å². The second-order valence-electron chi connectivity index (χ2n) is 23.3. The van der Waals surface area contributed by atoms with Gasteiger partial charge in [0, 0.05) is 99.2 Å². The van der Waals surface area contributed by atoms with Crippen LogP contribution in [0.25, 0.3) is 21.5 Å². The molecule has 4 saturated heterocycles. The number of amides is 6. The van der Waals surface area contributed by atoms with E-state index in [-0.39, 0.29) is 65.9 Å². The molecule has 6 heterocycles. The van der Waals surface area contributed by atoms with Crippen LogP contribution < -0.4 is 27.0 Å². The lowest BCUT2D eigenvalue weighted by molar-refractivity contribution is -0.136. The molecule has 0 spiro atoms. The molecular weight excluding hydrogens is 1020 g/mol. The Bertz CT molecular complexity index is 3100. The number of likely N-dealkylation sites (tertiary alicyclic amines) is 3. The summed E-state index contributed by atoms with van der Waals surface area (Å²) in [6.07, 6.45) is 9.74. The van der Waals surface area contributed by atoms with E-state index in [1.54, 1.807) is 27.9 Å². The second kappa shape index (κ2) is 25.1. The van der Waals surface area contributed by atoms with Crippen molar-refractivity contribution >= 4 is 63.7 Å². The van der Waals surface area contributed by atoms with Gasteiger partial charge in [0.05, 0.1) is 23.1 Å². The first-order chi connectivity index (χ1) is 37.8. The molecule has 0 aliphatic carbocycles. The summed E-state index contributed by atoms with van der Waals surface area (Å²) in [5.74, 6) is -0.290. The van der Waals surface area contributed by atoms with E-state index >= 15 is 0 Å². The Balaban J connectivity index is 0.626. The number of imidazole rings is 1. The van der Waals surface area contributed by atoms with E-state index < -0.39 is 17.6 Å². The SMILES string of the molecule is Cc1ccc(NC2CN(C(=O)OC(C)(C)C)C2)cc1C(=O)N[C@H](C)c1cccc(-c2ccc(CN3CC[C@H](NC(=O)CCCCCCCCC(=O)N4CCC(c5ccc6c(c5)n(C)c(=O)n6C5CCC(=O)NC5=O)CC4)C3)s2)c1. The number of nitrogens with zero attached hydrogens (tertiary/aromatic N) is 5. The third-order valence-electron chi connectivity index (χ3n) is 16.1. The summed E-state index contributed by atoms with van der Waals surface area (Å²) in [4.78, 5) is 98.2. The van der Waals surface area contributed by atoms with Gasteiger partial charge in [-0.25, -0.2) is 9.59 Å². The van der Waals surface area contributed by atoms with Crippen LogP contribution in [0.15, 0.2) is 77.6 Å². The number of aromatic nitrogens is 2. The van der Waals surface area contributed by atoms with Crippen molar-refractivity contribution in [2.75, 3.05) is 44.6 Å². The molecule has 5 aromatic rings. The maximum absolute atomic E-state index is 13.6. The number of carbonyl (C=O) groups is 6. The molecule has 0 radical (unpaired) electrons. The van der Waals surface area contributed by atoms with Crippen molar-refractivity contribution in [3.8, 4) is 10.4 Å². The minimum absolute atomic E-state index is 0.0789. The lowest BCUT2D eigenvalue weighted by Gasteiger charge is -2.40. The summed E-state index contributed by atoms with van der Waals surface area (Å²) in [6.45, 7) is 14.6. The van der Waals surface area contributed by atoms with Crippen LogP contribution in [0, 0.1) is 6.92 Å². The molecular formula is C61H79N9O8S. The summed E-state index contributed by atoms with van der Waals surface area (Å²) in [7, 11) is 1.71. The van der Waals surface area contributed by atoms with Crippen LogP contribution >= 0.6 is 11.3 Å². The standard InChI is InChI=1S/C61H79N9O8S/c1-39-18-20-45(63-47-36-69(37-47)60(77)78-61(3,4)5)34-49(39)57(74)62-40(2)42-14-13-15-44(32-42)53-24-21-48(79-53)38-67-29-28-46(35-67)64-54(71)16-11-9-7-8-10-12-17-56(73)68-30-26-41(27-31-68)43-19-22-50-52(33-43)66(6)59(76)70(50)51-23-25-55(72)65-58(51)75/h13-15,18-22,24,32-34,40-41,46-47,51,63H,7-12,16-17,23,25-31,35-38H2,1-6H3,(H,62,74)(H,64,71)(H,65,72,75)/t40-,46+,51?/m1/s1. The van der Waals surface area contributed by atoms with Gasteiger partial charge in [-0.15, -0.1) is 11.3 Å². The average molecular weight is 1100 g/mol. The van der Waals surface area contributed by atoms with Gasteiger partial charge in [-0.1, -0.05) is 56.0 Å². The topological polar surface area (TPSA) is 196 Å². The van der Waals surface area contributed by atoms with Crippen LogP contribution in [0.4, 0.5) is 10.5 Å². The number of ether oxygens (including phenoxy) is 1. The minimum atomic E-state index is -0.711. The molecule has 18 heteroatoms. The highest BCUT2D eigenvalue weighted by Gasteiger charge is 2.35. The van der Waals surface area contributed by atoms with E-state index in [4.69, 9.17) is 4.74 Å². The minimum Gasteiger partial charge on any atom is -0.444 e. The molecule has 4 N–H and O–H groups in total. The van der Waals surface area contributed by atoms with Crippen molar-refractivity contribution < 1.29 is 33.5 Å². The van der Waals surface area contributed by atoms with Crippen LogP contribution in [0.2, 0.25) is 0 Å². The molecule has 3 atom stereocenters. The largest absolute Gasteiger partial charge is 0.444 e. The van der Waals surface area contributed by atoms with Crippen molar-refractivity contribution in [3.63, 3.8) is 0 Å². The second-order valence-corrected chi connectivity index (χ2v) is 24.5. The molecule has 9 rings (SSSR count). The molecule has 0 bridgehead atoms. The summed E-state index contributed by atoms with van der Waals surface area (Å²) in [6, 6.07) is 23.8. The van der Waals surface area contributed by atoms with Crippen molar-refractivity contribution in [1.29, 1.82) is 0 Å². The number of hydrogen-bond donors (Lipinski definition) is 4. The van der Waals surface area contributed by atoms with Gasteiger partial charge in [-0.3, -0.25) is 43.3 Å².